The molecule has 0 heterocycles. The minimum atomic E-state index is -2.93. The molecule has 0 amide bonds. The minimum Gasteiger partial charge on any atom is -0.496 e. The third-order valence-corrected chi connectivity index (χ3v) is 5.45. The summed E-state index contributed by atoms with van der Waals surface area (Å²) in [6.07, 6.45) is 1.25. The van der Waals surface area contributed by atoms with Gasteiger partial charge < -0.3 is 9.47 Å². The Kier molecular flexibility index (Phi) is 7.22. The Balaban J connectivity index is 2.62. The maximum atomic E-state index is 11.6. The molecule has 1 aromatic carbocycles. The quantitative estimate of drug-likeness (QED) is 0.673. The molecule has 1 aromatic rings. The summed E-state index contributed by atoms with van der Waals surface area (Å²) in [5.74, 6) is 1.84. The van der Waals surface area contributed by atoms with E-state index in [1.54, 1.807) is 23.9 Å². The number of methoxy groups -OCH3 is 2. The summed E-state index contributed by atoms with van der Waals surface area (Å²) in [6, 6.07) is 5.34. The number of rotatable bonds is 8. The average molecular weight is 346 g/mol. The van der Waals surface area contributed by atoms with E-state index >= 15 is 0 Å². The van der Waals surface area contributed by atoms with Gasteiger partial charge in [-0.2, -0.15) is 11.8 Å². The Bertz CT molecular complexity index is 610. The third-order valence-electron chi connectivity index (χ3n) is 2.93. The minimum absolute atomic E-state index is 0.108. The molecule has 0 saturated heterocycles. The molecule has 0 fully saturated rings. The molecule has 124 valence electrons. The van der Waals surface area contributed by atoms with E-state index in [0.29, 0.717) is 11.3 Å². The first kappa shape index (κ1) is 18.8. The lowest BCUT2D eigenvalue weighted by Gasteiger charge is -2.11. The van der Waals surface area contributed by atoms with Crippen molar-refractivity contribution in [2.75, 3.05) is 32.0 Å². The third kappa shape index (κ3) is 6.27. The summed E-state index contributed by atoms with van der Waals surface area (Å²) < 4.78 is 32.3. The van der Waals surface area contributed by atoms with Crippen molar-refractivity contribution < 1.29 is 22.7 Å². The van der Waals surface area contributed by atoms with Crippen LogP contribution in [-0.2, 0) is 20.3 Å². The summed E-state index contributed by atoms with van der Waals surface area (Å²) in [6.45, 7) is 1.93. The fourth-order valence-corrected chi connectivity index (χ4v) is 4.40. The molecule has 1 rings (SSSR count). The zero-order valence-corrected chi connectivity index (χ0v) is 14.9. The molecular formula is C15H22O5S2. The van der Waals surface area contributed by atoms with Crippen LogP contribution >= 0.6 is 11.8 Å². The Labute approximate surface area is 136 Å². The highest BCUT2D eigenvalue weighted by molar-refractivity contribution is 7.98. The van der Waals surface area contributed by atoms with Gasteiger partial charge in [-0.3, -0.25) is 0 Å². The summed E-state index contributed by atoms with van der Waals surface area (Å²) >= 11 is 1.66. The van der Waals surface area contributed by atoms with Crippen molar-refractivity contribution in [1.29, 1.82) is 0 Å². The van der Waals surface area contributed by atoms with Crippen molar-refractivity contribution >= 4 is 27.6 Å². The van der Waals surface area contributed by atoms with Crippen LogP contribution in [0, 0.1) is 5.92 Å². The number of benzene rings is 1. The maximum Gasteiger partial charge on any atom is 0.341 e. The first-order chi connectivity index (χ1) is 10.3. The Hall–Kier alpha value is -1.21. The van der Waals surface area contributed by atoms with Crippen molar-refractivity contribution in [2.24, 2.45) is 5.92 Å². The molecule has 7 heteroatoms. The molecule has 1 unspecified atom stereocenters. The number of carbonyl (C=O) groups excluding carboxylic acids is 1. The van der Waals surface area contributed by atoms with Gasteiger partial charge in [0.15, 0.2) is 0 Å². The predicted octanol–water partition coefficient (Wildman–Crippen LogP) is 2.40. The van der Waals surface area contributed by atoms with Gasteiger partial charge in [0.05, 0.1) is 20.0 Å². The van der Waals surface area contributed by atoms with Crippen LogP contribution < -0.4 is 4.74 Å². The Morgan fingerprint density at radius 3 is 2.55 bits per heavy atom. The van der Waals surface area contributed by atoms with Crippen molar-refractivity contribution in [3.05, 3.63) is 29.3 Å². The maximum absolute atomic E-state index is 11.6. The lowest BCUT2D eigenvalue weighted by atomic mass is 10.1. The zero-order valence-electron chi connectivity index (χ0n) is 13.3. The van der Waals surface area contributed by atoms with Crippen LogP contribution in [-0.4, -0.2) is 46.4 Å². The lowest BCUT2D eigenvalue weighted by molar-refractivity contribution is 0.0597. The largest absolute Gasteiger partial charge is 0.496 e. The van der Waals surface area contributed by atoms with Gasteiger partial charge in [-0.1, -0.05) is 13.0 Å². The SMILES string of the molecule is COC(=O)c1ccc(CSCC(C)CS(C)(=O)=O)cc1OC. The summed E-state index contributed by atoms with van der Waals surface area (Å²) in [5, 5.41) is 0. The van der Waals surface area contributed by atoms with Gasteiger partial charge in [0, 0.05) is 12.0 Å². The van der Waals surface area contributed by atoms with Gasteiger partial charge in [-0.25, -0.2) is 13.2 Å². The molecule has 5 nitrogen and oxygen atoms in total. The van der Waals surface area contributed by atoms with Crippen molar-refractivity contribution in [2.45, 2.75) is 12.7 Å². The molecule has 1 atom stereocenters. The van der Waals surface area contributed by atoms with Crippen LogP contribution in [0.25, 0.3) is 0 Å². The van der Waals surface area contributed by atoms with Gasteiger partial charge in [-0.15, -0.1) is 0 Å². The molecule has 22 heavy (non-hydrogen) atoms. The number of hydrogen-bond acceptors (Lipinski definition) is 6. The fraction of sp³-hybridized carbons (Fsp3) is 0.533. The molecule has 0 aliphatic carbocycles. The standard InChI is InChI=1S/C15H22O5S2/c1-11(10-22(4,17)18)8-21-9-12-5-6-13(15(16)20-3)14(7-12)19-2/h5-7,11H,8-10H2,1-4H3. The second-order valence-electron chi connectivity index (χ2n) is 5.24. The molecular weight excluding hydrogens is 324 g/mol. The van der Waals surface area contributed by atoms with Crippen molar-refractivity contribution in [3.8, 4) is 5.75 Å². The lowest BCUT2D eigenvalue weighted by Crippen LogP contribution is -2.14. The highest BCUT2D eigenvalue weighted by atomic mass is 32.2. The first-order valence-electron chi connectivity index (χ1n) is 6.77. The molecule has 0 bridgehead atoms. The van der Waals surface area contributed by atoms with Crippen LogP contribution in [0.2, 0.25) is 0 Å². The van der Waals surface area contributed by atoms with Gasteiger partial charge in [0.2, 0.25) is 0 Å². The molecule has 0 aromatic heterocycles. The number of hydrogen-bond donors (Lipinski definition) is 0. The number of esters is 1. The highest BCUT2D eigenvalue weighted by Gasteiger charge is 2.14. The van der Waals surface area contributed by atoms with Crippen LogP contribution in [0.1, 0.15) is 22.8 Å². The first-order valence-corrected chi connectivity index (χ1v) is 9.99. The van der Waals surface area contributed by atoms with E-state index in [-0.39, 0.29) is 11.7 Å². The second kappa shape index (κ2) is 8.43. The second-order valence-corrected chi connectivity index (χ2v) is 8.45. The van der Waals surface area contributed by atoms with Gasteiger partial charge >= 0.3 is 5.97 Å². The predicted molar refractivity (Wildman–Crippen MR) is 89.4 cm³/mol. The molecule has 0 aliphatic rings. The van der Waals surface area contributed by atoms with Gasteiger partial charge in [0.1, 0.15) is 21.2 Å². The molecule has 0 N–H and O–H groups in total. The Morgan fingerprint density at radius 1 is 1.32 bits per heavy atom. The van der Waals surface area contributed by atoms with E-state index in [2.05, 4.69) is 0 Å². The van der Waals surface area contributed by atoms with Crippen molar-refractivity contribution in [3.63, 3.8) is 0 Å². The van der Waals surface area contributed by atoms with Crippen LogP contribution in [0.4, 0.5) is 0 Å². The number of thioether (sulfide) groups is 1. The van der Waals surface area contributed by atoms with E-state index < -0.39 is 15.8 Å². The highest BCUT2D eigenvalue weighted by Crippen LogP contribution is 2.24. The Morgan fingerprint density at radius 2 is 2.00 bits per heavy atom. The monoisotopic (exact) mass is 346 g/mol. The topological polar surface area (TPSA) is 69.7 Å². The molecule has 0 saturated carbocycles. The smallest absolute Gasteiger partial charge is 0.341 e. The average Bonchev–Trinajstić information content (AvgIpc) is 2.44. The van der Waals surface area contributed by atoms with E-state index in [0.717, 1.165) is 17.1 Å². The van der Waals surface area contributed by atoms with Crippen molar-refractivity contribution in [1.82, 2.24) is 0 Å². The molecule has 0 aliphatic heterocycles. The van der Waals surface area contributed by atoms with Crippen LogP contribution in [0.3, 0.4) is 0 Å². The van der Waals surface area contributed by atoms with E-state index in [1.165, 1.54) is 20.5 Å². The van der Waals surface area contributed by atoms with E-state index in [1.807, 2.05) is 13.0 Å². The number of sulfone groups is 1. The van der Waals surface area contributed by atoms with Gasteiger partial charge in [0.25, 0.3) is 0 Å². The van der Waals surface area contributed by atoms with E-state index in [4.69, 9.17) is 9.47 Å². The zero-order chi connectivity index (χ0) is 16.8. The summed E-state index contributed by atoms with van der Waals surface area (Å²) in [4.78, 5) is 11.6. The molecule has 0 spiro atoms. The van der Waals surface area contributed by atoms with Crippen LogP contribution in [0.5, 0.6) is 5.75 Å². The van der Waals surface area contributed by atoms with Crippen LogP contribution in [0.15, 0.2) is 18.2 Å². The van der Waals surface area contributed by atoms with Gasteiger partial charge in [-0.05, 0) is 29.4 Å². The fourth-order valence-electron chi connectivity index (χ4n) is 2.05. The normalized spacial score (nSPS) is 12.7. The number of carbonyl (C=O) groups is 1. The summed E-state index contributed by atoms with van der Waals surface area (Å²) in [5.41, 5.74) is 1.41. The number of ether oxygens (including phenoxy) is 2. The summed E-state index contributed by atoms with van der Waals surface area (Å²) in [7, 11) is -0.0970. The van der Waals surface area contributed by atoms with E-state index in [9.17, 15) is 13.2 Å². The molecule has 0 radical (unpaired) electrons.